The number of alkyl halides is 1. The largest absolute Gasteiger partial charge is 0.457 e. The third-order valence-corrected chi connectivity index (χ3v) is 8.80. The standard InChI is InChI=1S/C23H29ClO6/c1-21-7-5-14(25)9-13(21)3-4-15-16-6-8-23(29,18(27)12-30-19(28)11-24)22(16,2)10-17(26)20(15)21/h5,7,9,15-17,20,26,29H,3-4,6,8,10-12H2,1-2H3/t15-,16-,17-,20+,21-,22-,23-/m0/s1. The lowest BCUT2D eigenvalue weighted by atomic mass is 9.46. The minimum atomic E-state index is -1.65. The highest BCUT2D eigenvalue weighted by Gasteiger charge is 2.68. The second kappa shape index (κ2) is 7.28. The second-order valence-corrected chi connectivity index (χ2v) is 10.1. The third-order valence-electron chi connectivity index (χ3n) is 8.58. The molecule has 0 aromatic heterocycles. The lowest BCUT2D eigenvalue weighted by Crippen LogP contribution is -2.61. The summed E-state index contributed by atoms with van der Waals surface area (Å²) in [5, 5.41) is 22.8. The molecule has 30 heavy (non-hydrogen) atoms. The molecule has 0 radical (unpaired) electrons. The number of ketones is 2. The molecule has 7 atom stereocenters. The maximum absolute atomic E-state index is 12.9. The average molecular weight is 437 g/mol. The molecule has 0 aromatic carbocycles. The van der Waals surface area contributed by atoms with Crippen LogP contribution < -0.4 is 0 Å². The molecule has 0 aliphatic heterocycles. The molecule has 3 saturated carbocycles. The van der Waals surface area contributed by atoms with Crippen LogP contribution >= 0.6 is 11.6 Å². The van der Waals surface area contributed by atoms with E-state index in [4.69, 9.17) is 16.3 Å². The minimum Gasteiger partial charge on any atom is -0.457 e. The predicted molar refractivity (Wildman–Crippen MR) is 110 cm³/mol. The predicted octanol–water partition coefficient (Wildman–Crippen LogP) is 2.35. The molecule has 0 bridgehead atoms. The average Bonchev–Trinajstić information content (AvgIpc) is 2.97. The third kappa shape index (κ3) is 2.94. The summed E-state index contributed by atoms with van der Waals surface area (Å²) in [7, 11) is 0. The van der Waals surface area contributed by atoms with Gasteiger partial charge >= 0.3 is 5.97 Å². The second-order valence-electron chi connectivity index (χ2n) is 9.83. The first-order valence-corrected chi connectivity index (χ1v) is 11.2. The van der Waals surface area contributed by atoms with Crippen LogP contribution in [0.25, 0.3) is 0 Å². The van der Waals surface area contributed by atoms with E-state index in [1.165, 1.54) is 0 Å². The van der Waals surface area contributed by atoms with Crippen molar-refractivity contribution in [2.45, 2.75) is 57.7 Å². The number of carbonyl (C=O) groups is 3. The number of hydrogen-bond acceptors (Lipinski definition) is 6. The number of aliphatic hydroxyl groups excluding tert-OH is 1. The topological polar surface area (TPSA) is 101 Å². The maximum Gasteiger partial charge on any atom is 0.321 e. The summed E-state index contributed by atoms with van der Waals surface area (Å²) in [6.45, 7) is 3.46. The number of ether oxygens (including phenoxy) is 1. The van der Waals surface area contributed by atoms with Crippen LogP contribution in [0.1, 0.15) is 46.0 Å². The van der Waals surface area contributed by atoms with Gasteiger partial charge in [0.2, 0.25) is 5.78 Å². The van der Waals surface area contributed by atoms with Crippen molar-refractivity contribution in [2.75, 3.05) is 12.5 Å². The van der Waals surface area contributed by atoms with Crippen molar-refractivity contribution in [1.29, 1.82) is 0 Å². The van der Waals surface area contributed by atoms with Crippen molar-refractivity contribution in [3.05, 3.63) is 23.8 Å². The van der Waals surface area contributed by atoms with E-state index in [-0.39, 0.29) is 42.3 Å². The number of allylic oxidation sites excluding steroid dienone is 4. The summed E-state index contributed by atoms with van der Waals surface area (Å²) >= 11 is 5.43. The molecule has 0 spiro atoms. The van der Waals surface area contributed by atoms with Crippen molar-refractivity contribution in [1.82, 2.24) is 0 Å². The highest BCUT2D eigenvalue weighted by atomic mass is 35.5. The summed E-state index contributed by atoms with van der Waals surface area (Å²) < 4.78 is 4.89. The summed E-state index contributed by atoms with van der Waals surface area (Å²) in [5.41, 5.74) is -1.77. The fraction of sp³-hybridized carbons (Fsp3) is 0.696. The van der Waals surface area contributed by atoms with Gasteiger partial charge in [0.1, 0.15) is 11.5 Å². The van der Waals surface area contributed by atoms with Crippen LogP contribution in [0.15, 0.2) is 23.8 Å². The van der Waals surface area contributed by atoms with Crippen molar-refractivity contribution in [3.63, 3.8) is 0 Å². The van der Waals surface area contributed by atoms with Crippen LogP contribution in [0.4, 0.5) is 0 Å². The number of aliphatic hydroxyl groups is 2. The van der Waals surface area contributed by atoms with Gasteiger partial charge < -0.3 is 14.9 Å². The summed E-state index contributed by atoms with van der Waals surface area (Å²) in [5.74, 6) is -1.45. The highest BCUT2D eigenvalue weighted by Crippen LogP contribution is 2.67. The molecule has 164 valence electrons. The normalized spacial score (nSPS) is 44.6. The highest BCUT2D eigenvalue weighted by molar-refractivity contribution is 6.26. The van der Waals surface area contributed by atoms with Gasteiger partial charge in [0.25, 0.3) is 0 Å². The SMILES string of the molecule is C[C@]12C=CC(=O)C=C1CC[C@@H]1[C@@H]2[C@@H](O)C[C@@]2(C)[C@H]1CC[C@]2(O)C(=O)COC(=O)CCl. The van der Waals surface area contributed by atoms with Gasteiger partial charge in [-0.25, -0.2) is 0 Å². The number of halogens is 1. The molecule has 7 heteroatoms. The van der Waals surface area contributed by atoms with E-state index in [2.05, 4.69) is 6.92 Å². The Morgan fingerprint density at radius 3 is 2.73 bits per heavy atom. The maximum atomic E-state index is 12.9. The Bertz CT molecular complexity index is 849. The molecule has 4 rings (SSSR count). The first kappa shape index (κ1) is 21.7. The molecular formula is C23H29ClO6. The van der Waals surface area contributed by atoms with Crippen molar-refractivity contribution in [3.8, 4) is 0 Å². The van der Waals surface area contributed by atoms with Crippen LogP contribution in [-0.2, 0) is 19.1 Å². The quantitative estimate of drug-likeness (QED) is 0.518. The van der Waals surface area contributed by atoms with Gasteiger partial charge in [-0.1, -0.05) is 25.5 Å². The van der Waals surface area contributed by atoms with Crippen LogP contribution in [0.3, 0.4) is 0 Å². The van der Waals surface area contributed by atoms with Crippen molar-refractivity contribution < 1.29 is 29.3 Å². The number of Topliss-reactive ketones (excluding diaryl/α,β-unsaturated/α-hetero) is 1. The Labute approximate surface area is 181 Å². The molecule has 2 N–H and O–H groups in total. The van der Waals surface area contributed by atoms with Crippen LogP contribution in [-0.4, -0.2) is 51.9 Å². The molecule has 0 aromatic rings. The van der Waals surface area contributed by atoms with Gasteiger partial charge in [-0.05, 0) is 56.1 Å². The number of hydrogen-bond donors (Lipinski definition) is 2. The van der Waals surface area contributed by atoms with Gasteiger partial charge in [0.05, 0.1) is 6.10 Å². The lowest BCUT2D eigenvalue weighted by Gasteiger charge is -2.59. The fourth-order valence-electron chi connectivity index (χ4n) is 7.09. The fourth-order valence-corrected chi connectivity index (χ4v) is 7.17. The monoisotopic (exact) mass is 436 g/mol. The molecule has 4 aliphatic rings. The van der Waals surface area contributed by atoms with E-state index in [0.29, 0.717) is 6.42 Å². The van der Waals surface area contributed by atoms with E-state index < -0.39 is 40.9 Å². The van der Waals surface area contributed by atoms with Gasteiger partial charge in [-0.2, -0.15) is 0 Å². The van der Waals surface area contributed by atoms with Crippen LogP contribution in [0, 0.1) is 28.6 Å². The number of esters is 1. The van der Waals surface area contributed by atoms with Crippen LogP contribution in [0.5, 0.6) is 0 Å². The van der Waals surface area contributed by atoms with Gasteiger partial charge in [0, 0.05) is 16.7 Å². The van der Waals surface area contributed by atoms with Gasteiger partial charge in [-0.15, -0.1) is 11.6 Å². The van der Waals surface area contributed by atoms with E-state index in [9.17, 15) is 24.6 Å². The summed E-state index contributed by atoms with van der Waals surface area (Å²) in [4.78, 5) is 36.2. The minimum absolute atomic E-state index is 0.0107. The zero-order valence-electron chi connectivity index (χ0n) is 17.4. The van der Waals surface area contributed by atoms with Crippen molar-refractivity contribution in [2.24, 2.45) is 28.6 Å². The first-order chi connectivity index (χ1) is 14.1. The zero-order valence-corrected chi connectivity index (χ0v) is 18.2. The molecule has 6 nitrogen and oxygen atoms in total. The smallest absolute Gasteiger partial charge is 0.321 e. The molecule has 3 fully saturated rings. The Morgan fingerprint density at radius 1 is 1.30 bits per heavy atom. The van der Waals surface area contributed by atoms with Gasteiger partial charge in [0.15, 0.2) is 12.4 Å². The van der Waals surface area contributed by atoms with E-state index >= 15 is 0 Å². The Hall–Kier alpha value is -1.50. The molecule has 4 aliphatic carbocycles. The number of rotatable bonds is 4. The number of carbonyl (C=O) groups excluding carboxylic acids is 3. The Balaban J connectivity index is 1.63. The lowest BCUT2D eigenvalue weighted by molar-refractivity contribution is -0.181. The van der Waals surface area contributed by atoms with E-state index in [1.54, 1.807) is 12.2 Å². The Kier molecular flexibility index (Phi) is 5.27. The number of fused-ring (bicyclic) bond motifs is 5. The van der Waals surface area contributed by atoms with Gasteiger partial charge in [-0.3, -0.25) is 14.4 Å². The first-order valence-electron chi connectivity index (χ1n) is 10.7. The van der Waals surface area contributed by atoms with E-state index in [1.807, 2.05) is 13.0 Å². The summed E-state index contributed by atoms with van der Waals surface area (Å²) in [6, 6.07) is 0. The summed E-state index contributed by atoms with van der Waals surface area (Å²) in [6.07, 6.45) is 7.35. The molecule has 0 heterocycles. The molecule has 0 unspecified atom stereocenters. The molecular weight excluding hydrogens is 408 g/mol. The van der Waals surface area contributed by atoms with Crippen molar-refractivity contribution >= 4 is 29.1 Å². The zero-order chi connectivity index (χ0) is 21.9. The molecule has 0 saturated heterocycles. The Morgan fingerprint density at radius 2 is 2.03 bits per heavy atom. The van der Waals surface area contributed by atoms with Crippen LogP contribution in [0.2, 0.25) is 0 Å². The van der Waals surface area contributed by atoms with E-state index in [0.717, 1.165) is 18.4 Å². The molecule has 0 amide bonds.